The Labute approximate surface area is 163 Å². The number of nitrogens with zero attached hydrogens (tertiary/aromatic N) is 2. The molecule has 4 rings (SSSR count). The third-order valence-corrected chi connectivity index (χ3v) is 5.17. The molecule has 6 heteroatoms. The summed E-state index contributed by atoms with van der Waals surface area (Å²) in [6, 6.07) is 11.9. The minimum absolute atomic E-state index is 0.0262. The molecule has 146 valence electrons. The lowest BCUT2D eigenvalue weighted by Gasteiger charge is -2.29. The molecule has 28 heavy (non-hydrogen) atoms. The predicted molar refractivity (Wildman–Crippen MR) is 109 cm³/mol. The standard InChI is InChI=1S/C22H24FN3O2/c1-26-10-2-3-15(13-26)14-28-18-7-5-17(6-8-18)24-12-20-19-11-16(23)4-9-21(19)25-22(20)27/h4-9,11-12,15,25,27H,2-3,10,13-14H2,1H3. The van der Waals surface area contributed by atoms with Crippen molar-refractivity contribution < 1.29 is 14.2 Å². The highest BCUT2D eigenvalue weighted by Gasteiger charge is 2.17. The summed E-state index contributed by atoms with van der Waals surface area (Å²) in [6.45, 7) is 2.97. The summed E-state index contributed by atoms with van der Waals surface area (Å²) in [6.07, 6.45) is 3.98. The van der Waals surface area contributed by atoms with Crippen LogP contribution in [0.2, 0.25) is 0 Å². The van der Waals surface area contributed by atoms with Crippen LogP contribution in [0.5, 0.6) is 11.6 Å². The van der Waals surface area contributed by atoms with Gasteiger partial charge in [-0.1, -0.05) is 0 Å². The maximum absolute atomic E-state index is 13.5. The number of likely N-dealkylation sites (tertiary alicyclic amines) is 1. The summed E-state index contributed by atoms with van der Waals surface area (Å²) < 4.78 is 19.4. The van der Waals surface area contributed by atoms with Gasteiger partial charge in [0.2, 0.25) is 0 Å². The van der Waals surface area contributed by atoms with Crippen molar-refractivity contribution in [1.29, 1.82) is 0 Å². The molecule has 0 amide bonds. The van der Waals surface area contributed by atoms with E-state index in [2.05, 4.69) is 21.9 Å². The Morgan fingerprint density at radius 1 is 1.29 bits per heavy atom. The van der Waals surface area contributed by atoms with Crippen molar-refractivity contribution in [1.82, 2.24) is 9.88 Å². The Morgan fingerprint density at radius 3 is 2.89 bits per heavy atom. The number of aromatic nitrogens is 1. The molecule has 1 aliphatic rings. The fraction of sp³-hybridized carbons (Fsp3) is 0.318. The van der Waals surface area contributed by atoms with E-state index in [-0.39, 0.29) is 11.7 Å². The van der Waals surface area contributed by atoms with Gasteiger partial charge in [0.25, 0.3) is 0 Å². The molecular formula is C22H24FN3O2. The second-order valence-corrected chi connectivity index (χ2v) is 7.41. The van der Waals surface area contributed by atoms with E-state index in [1.807, 2.05) is 24.3 Å². The van der Waals surface area contributed by atoms with Crippen molar-refractivity contribution in [3.63, 3.8) is 0 Å². The highest BCUT2D eigenvalue weighted by molar-refractivity contribution is 6.02. The maximum atomic E-state index is 13.5. The molecule has 2 N–H and O–H groups in total. The normalized spacial score (nSPS) is 18.1. The van der Waals surface area contributed by atoms with Crippen LogP contribution >= 0.6 is 0 Å². The van der Waals surface area contributed by atoms with E-state index in [4.69, 9.17) is 4.74 Å². The third-order valence-electron chi connectivity index (χ3n) is 5.17. The molecule has 5 nitrogen and oxygen atoms in total. The number of hydrogen-bond donors (Lipinski definition) is 2. The number of ether oxygens (including phenoxy) is 1. The second kappa shape index (κ2) is 8.02. The van der Waals surface area contributed by atoms with Gasteiger partial charge in [-0.15, -0.1) is 0 Å². The van der Waals surface area contributed by atoms with Crippen molar-refractivity contribution in [3.05, 3.63) is 53.8 Å². The summed E-state index contributed by atoms with van der Waals surface area (Å²) in [5.74, 6) is 1.01. The Kier molecular flexibility index (Phi) is 5.30. The summed E-state index contributed by atoms with van der Waals surface area (Å²) >= 11 is 0. The van der Waals surface area contributed by atoms with Crippen LogP contribution in [-0.2, 0) is 0 Å². The van der Waals surface area contributed by atoms with Gasteiger partial charge >= 0.3 is 0 Å². The number of rotatable bonds is 5. The van der Waals surface area contributed by atoms with Gasteiger partial charge in [-0.25, -0.2) is 4.39 Å². The van der Waals surface area contributed by atoms with Crippen LogP contribution in [0, 0.1) is 11.7 Å². The Balaban J connectivity index is 1.42. The van der Waals surface area contributed by atoms with Gasteiger partial charge in [0.1, 0.15) is 11.6 Å². The van der Waals surface area contributed by atoms with E-state index < -0.39 is 0 Å². The highest BCUT2D eigenvalue weighted by atomic mass is 19.1. The number of H-pyrrole nitrogens is 1. The largest absolute Gasteiger partial charge is 0.494 e. The number of fused-ring (bicyclic) bond motifs is 1. The fourth-order valence-corrected chi connectivity index (χ4v) is 3.69. The van der Waals surface area contributed by atoms with E-state index in [0.29, 0.717) is 22.4 Å². The summed E-state index contributed by atoms with van der Waals surface area (Å²) in [7, 11) is 2.15. The zero-order valence-electron chi connectivity index (χ0n) is 15.9. The number of aliphatic imine (C=N–C) groups is 1. The summed E-state index contributed by atoms with van der Waals surface area (Å²) in [5, 5.41) is 10.7. The first kappa shape index (κ1) is 18.5. The van der Waals surface area contributed by atoms with Crippen LogP contribution in [0.1, 0.15) is 18.4 Å². The molecule has 1 saturated heterocycles. The monoisotopic (exact) mass is 381 g/mol. The molecule has 0 bridgehead atoms. The van der Waals surface area contributed by atoms with E-state index in [1.54, 1.807) is 12.3 Å². The van der Waals surface area contributed by atoms with Crippen molar-refractivity contribution >= 4 is 22.8 Å². The average molecular weight is 381 g/mol. The smallest absolute Gasteiger partial charge is 0.198 e. The molecule has 0 aliphatic carbocycles. The van der Waals surface area contributed by atoms with Crippen molar-refractivity contribution in [2.45, 2.75) is 12.8 Å². The highest BCUT2D eigenvalue weighted by Crippen LogP contribution is 2.27. The molecule has 1 atom stereocenters. The van der Waals surface area contributed by atoms with Crippen LogP contribution in [0.25, 0.3) is 10.9 Å². The minimum Gasteiger partial charge on any atom is -0.494 e. The average Bonchev–Trinajstić information content (AvgIpc) is 3.00. The van der Waals surface area contributed by atoms with Crippen molar-refractivity contribution in [2.75, 3.05) is 26.7 Å². The minimum atomic E-state index is -0.355. The van der Waals surface area contributed by atoms with Crippen molar-refractivity contribution in [3.8, 4) is 11.6 Å². The number of benzene rings is 2. The molecule has 2 heterocycles. The fourth-order valence-electron chi connectivity index (χ4n) is 3.69. The molecule has 0 radical (unpaired) electrons. The Morgan fingerprint density at radius 2 is 2.11 bits per heavy atom. The number of aromatic amines is 1. The molecule has 1 unspecified atom stereocenters. The molecule has 0 saturated carbocycles. The SMILES string of the molecule is CN1CCCC(COc2ccc(N=Cc3c(O)[nH]c4ccc(F)cc34)cc2)C1. The van der Waals surface area contributed by atoms with Gasteiger partial charge < -0.3 is 19.7 Å². The predicted octanol–water partition coefficient (Wildman–Crippen LogP) is 4.48. The molecule has 1 aliphatic heterocycles. The zero-order valence-corrected chi connectivity index (χ0v) is 15.9. The second-order valence-electron chi connectivity index (χ2n) is 7.41. The van der Waals surface area contributed by atoms with Crippen LogP contribution in [0.15, 0.2) is 47.5 Å². The third kappa shape index (κ3) is 4.17. The number of aromatic hydroxyl groups is 1. The van der Waals surface area contributed by atoms with E-state index >= 15 is 0 Å². The molecule has 2 aromatic carbocycles. The van der Waals surface area contributed by atoms with Crippen LogP contribution in [0.4, 0.5) is 10.1 Å². The molecular weight excluding hydrogens is 357 g/mol. The van der Waals surface area contributed by atoms with Gasteiger partial charge in [0, 0.05) is 29.6 Å². The Bertz CT molecular complexity index is 981. The number of piperidine rings is 1. The number of hydrogen-bond acceptors (Lipinski definition) is 4. The quantitative estimate of drug-likeness (QED) is 0.641. The summed E-state index contributed by atoms with van der Waals surface area (Å²) in [5.41, 5.74) is 1.86. The number of nitrogens with one attached hydrogen (secondary N) is 1. The van der Waals surface area contributed by atoms with E-state index in [9.17, 15) is 9.50 Å². The van der Waals surface area contributed by atoms with Gasteiger partial charge in [0.05, 0.1) is 17.9 Å². The first-order valence-corrected chi connectivity index (χ1v) is 9.54. The van der Waals surface area contributed by atoms with E-state index in [0.717, 1.165) is 24.6 Å². The first-order chi connectivity index (χ1) is 13.6. The first-order valence-electron chi connectivity index (χ1n) is 9.54. The lowest BCUT2D eigenvalue weighted by Crippen LogP contribution is -2.34. The van der Waals surface area contributed by atoms with Gasteiger partial charge in [-0.2, -0.15) is 0 Å². The van der Waals surface area contributed by atoms with Gasteiger partial charge in [0.15, 0.2) is 5.88 Å². The number of halogens is 1. The molecule has 1 fully saturated rings. The topological polar surface area (TPSA) is 60.9 Å². The zero-order chi connectivity index (χ0) is 19.5. The lowest BCUT2D eigenvalue weighted by molar-refractivity contribution is 0.150. The molecule has 3 aromatic rings. The van der Waals surface area contributed by atoms with Crippen LogP contribution in [0.3, 0.4) is 0 Å². The Hall–Kier alpha value is -2.86. The maximum Gasteiger partial charge on any atom is 0.198 e. The van der Waals surface area contributed by atoms with E-state index in [1.165, 1.54) is 31.5 Å². The van der Waals surface area contributed by atoms with Crippen molar-refractivity contribution in [2.24, 2.45) is 10.9 Å². The molecule has 0 spiro atoms. The lowest BCUT2D eigenvalue weighted by atomic mass is 10.00. The van der Waals surface area contributed by atoms with Crippen LogP contribution < -0.4 is 4.74 Å². The van der Waals surface area contributed by atoms with Gasteiger partial charge in [-0.05, 0) is 68.9 Å². The van der Waals surface area contributed by atoms with Gasteiger partial charge in [-0.3, -0.25) is 4.99 Å². The molecule has 1 aromatic heterocycles. The summed E-state index contributed by atoms with van der Waals surface area (Å²) in [4.78, 5) is 9.57. The van der Waals surface area contributed by atoms with Crippen LogP contribution in [-0.4, -0.2) is 47.9 Å².